The van der Waals surface area contributed by atoms with E-state index < -0.39 is 36.1 Å². The molecule has 2 aromatic heterocycles. The zero-order valence-corrected chi connectivity index (χ0v) is 16.9. The van der Waals surface area contributed by atoms with Crippen LogP contribution in [0, 0.1) is 0 Å². The van der Waals surface area contributed by atoms with E-state index in [1.165, 1.54) is 18.0 Å². The van der Waals surface area contributed by atoms with Crippen molar-refractivity contribution >= 4 is 17.9 Å². The number of carbonyl (C=O) groups excluding carboxylic acids is 1. The summed E-state index contributed by atoms with van der Waals surface area (Å²) in [5, 5.41) is 15.3. The van der Waals surface area contributed by atoms with Gasteiger partial charge in [0.2, 0.25) is 5.95 Å². The van der Waals surface area contributed by atoms with Crippen molar-refractivity contribution in [3.05, 3.63) is 35.5 Å². The Morgan fingerprint density at radius 1 is 1.34 bits per heavy atom. The number of carboxylic acid groups (broad SMARTS) is 1. The number of carbonyl (C=O) groups is 2. The first-order valence-electron chi connectivity index (χ1n) is 9.50. The quantitative estimate of drug-likeness (QED) is 0.630. The second-order valence-corrected chi connectivity index (χ2v) is 7.27. The van der Waals surface area contributed by atoms with E-state index in [0.29, 0.717) is 0 Å². The molecule has 14 heteroatoms. The Hall–Kier alpha value is -3.45. The zero-order chi connectivity index (χ0) is 23.5. The maximum atomic E-state index is 15.4. The fourth-order valence-electron chi connectivity index (χ4n) is 3.27. The van der Waals surface area contributed by atoms with Crippen LogP contribution in [0.3, 0.4) is 0 Å². The van der Waals surface area contributed by atoms with Gasteiger partial charge in [-0.15, -0.1) is 0 Å². The Kier molecular flexibility index (Phi) is 6.50. The van der Waals surface area contributed by atoms with Gasteiger partial charge in [-0.05, 0) is 6.07 Å². The molecule has 0 radical (unpaired) electrons. The Bertz CT molecular complexity index is 974. The minimum atomic E-state index is -4.63. The van der Waals surface area contributed by atoms with Crippen molar-refractivity contribution in [2.45, 2.75) is 31.2 Å². The van der Waals surface area contributed by atoms with Crippen molar-refractivity contribution in [1.29, 1.82) is 0 Å². The third kappa shape index (κ3) is 5.42. The number of alkyl halides is 4. The first kappa shape index (κ1) is 23.2. The zero-order valence-electron chi connectivity index (χ0n) is 16.9. The molecule has 32 heavy (non-hydrogen) atoms. The van der Waals surface area contributed by atoms with Crippen LogP contribution in [0.5, 0.6) is 0 Å². The van der Waals surface area contributed by atoms with Gasteiger partial charge in [-0.25, -0.2) is 19.2 Å². The maximum absolute atomic E-state index is 15.4. The smallest absolute Gasteiger partial charge is 0.433 e. The van der Waals surface area contributed by atoms with Crippen molar-refractivity contribution in [2.75, 3.05) is 31.6 Å². The normalized spacial score (nSPS) is 16.0. The van der Waals surface area contributed by atoms with Gasteiger partial charge in [-0.2, -0.15) is 13.2 Å². The molecule has 1 saturated heterocycles. The molecule has 2 aromatic rings. The first-order chi connectivity index (χ1) is 15.0. The monoisotopic (exact) mass is 460 g/mol. The molecule has 0 aliphatic carbocycles. The Balaban J connectivity index is 1.64. The van der Waals surface area contributed by atoms with E-state index in [9.17, 15) is 27.9 Å². The van der Waals surface area contributed by atoms with Crippen molar-refractivity contribution < 1.29 is 36.8 Å². The predicted octanol–water partition coefficient (Wildman–Crippen LogP) is 2.33. The minimum absolute atomic E-state index is 0.00833. The summed E-state index contributed by atoms with van der Waals surface area (Å²) in [6.07, 6.45) is -5.33. The van der Waals surface area contributed by atoms with Crippen molar-refractivity contribution in [3.8, 4) is 0 Å². The average molecular weight is 460 g/mol. The number of anilines is 1. The summed E-state index contributed by atoms with van der Waals surface area (Å²) >= 11 is 0. The summed E-state index contributed by atoms with van der Waals surface area (Å²) in [4.78, 5) is 32.7. The Morgan fingerprint density at radius 3 is 2.62 bits per heavy atom. The summed E-state index contributed by atoms with van der Waals surface area (Å²) in [5.41, 5.74) is -3.06. The standard InChI is InChI=1S/C18H20F4N6O4/c1-23-14(29)12-8-11(32-26-12)9-28(16(30)31)10-17(19)3-6-27(7-4-17)15-24-5-2-13(25-15)18(20,21)22/h2,5,8H,3-4,6-7,9-10H2,1H3,(H,23,29)(H,30,31). The number of halogens is 4. The average Bonchev–Trinajstić information content (AvgIpc) is 3.21. The van der Waals surface area contributed by atoms with Gasteiger partial charge in [0, 0.05) is 45.2 Å². The lowest BCUT2D eigenvalue weighted by atomic mass is 9.92. The Morgan fingerprint density at radius 2 is 2.03 bits per heavy atom. The van der Waals surface area contributed by atoms with Gasteiger partial charge in [-0.3, -0.25) is 9.69 Å². The van der Waals surface area contributed by atoms with Gasteiger partial charge >= 0.3 is 12.3 Å². The second kappa shape index (κ2) is 8.96. The second-order valence-electron chi connectivity index (χ2n) is 7.27. The fraction of sp³-hybridized carbons (Fsp3) is 0.500. The van der Waals surface area contributed by atoms with Gasteiger partial charge in [0.15, 0.2) is 11.5 Å². The van der Waals surface area contributed by atoms with Gasteiger partial charge in [0.25, 0.3) is 5.91 Å². The van der Waals surface area contributed by atoms with Crippen LogP contribution in [-0.2, 0) is 12.7 Å². The molecule has 2 amide bonds. The lowest BCUT2D eigenvalue weighted by Crippen LogP contribution is -2.49. The first-order valence-corrected chi connectivity index (χ1v) is 9.50. The number of rotatable bonds is 6. The number of amides is 2. The fourth-order valence-corrected chi connectivity index (χ4v) is 3.27. The lowest BCUT2D eigenvalue weighted by molar-refractivity contribution is -0.141. The van der Waals surface area contributed by atoms with E-state index in [-0.39, 0.29) is 49.9 Å². The number of piperidine rings is 1. The summed E-state index contributed by atoms with van der Waals surface area (Å²) in [6.45, 7) is -0.802. The van der Waals surface area contributed by atoms with E-state index in [1.807, 2.05) is 0 Å². The maximum Gasteiger partial charge on any atom is 0.433 e. The summed E-state index contributed by atoms with van der Waals surface area (Å²) in [5.74, 6) is -0.627. The van der Waals surface area contributed by atoms with Crippen LogP contribution in [0.15, 0.2) is 22.9 Å². The number of hydrogen-bond donors (Lipinski definition) is 2. The molecule has 1 aliphatic rings. The molecule has 0 spiro atoms. The molecular weight excluding hydrogens is 440 g/mol. The molecule has 3 rings (SSSR count). The van der Waals surface area contributed by atoms with Gasteiger partial charge in [0.05, 0.1) is 13.1 Å². The third-order valence-corrected chi connectivity index (χ3v) is 4.99. The molecule has 0 bridgehead atoms. The van der Waals surface area contributed by atoms with Crippen LogP contribution < -0.4 is 10.2 Å². The third-order valence-electron chi connectivity index (χ3n) is 4.99. The van der Waals surface area contributed by atoms with Crippen molar-refractivity contribution in [1.82, 2.24) is 25.3 Å². The molecule has 0 atom stereocenters. The van der Waals surface area contributed by atoms with E-state index >= 15 is 4.39 Å². The van der Waals surface area contributed by atoms with E-state index in [4.69, 9.17) is 4.52 Å². The number of nitrogens with one attached hydrogen (secondary N) is 1. The lowest BCUT2D eigenvalue weighted by Gasteiger charge is -2.38. The minimum Gasteiger partial charge on any atom is -0.465 e. The van der Waals surface area contributed by atoms with Crippen molar-refractivity contribution in [2.24, 2.45) is 0 Å². The molecule has 0 saturated carbocycles. The molecule has 1 aliphatic heterocycles. The molecule has 2 N–H and O–H groups in total. The molecule has 3 heterocycles. The highest BCUT2D eigenvalue weighted by atomic mass is 19.4. The van der Waals surface area contributed by atoms with E-state index in [1.54, 1.807) is 0 Å². The molecule has 174 valence electrons. The highest BCUT2D eigenvalue weighted by molar-refractivity contribution is 5.91. The Labute approximate surface area is 179 Å². The van der Waals surface area contributed by atoms with Crippen LogP contribution in [0.2, 0.25) is 0 Å². The summed E-state index contributed by atoms with van der Waals surface area (Å²) in [7, 11) is 1.39. The highest BCUT2D eigenvalue weighted by Gasteiger charge is 2.39. The topological polar surface area (TPSA) is 125 Å². The summed E-state index contributed by atoms with van der Waals surface area (Å²) < 4.78 is 58.9. The summed E-state index contributed by atoms with van der Waals surface area (Å²) in [6, 6.07) is 2.00. The van der Waals surface area contributed by atoms with Crippen LogP contribution in [-0.4, -0.2) is 69.5 Å². The van der Waals surface area contributed by atoms with Gasteiger partial charge in [0.1, 0.15) is 11.4 Å². The van der Waals surface area contributed by atoms with E-state index in [0.717, 1.165) is 17.2 Å². The molecular formula is C18H20F4N6O4. The van der Waals surface area contributed by atoms with E-state index in [2.05, 4.69) is 20.4 Å². The number of nitrogens with zero attached hydrogens (tertiary/aromatic N) is 5. The molecule has 0 unspecified atom stereocenters. The molecule has 1 fully saturated rings. The molecule has 10 nitrogen and oxygen atoms in total. The highest BCUT2D eigenvalue weighted by Crippen LogP contribution is 2.32. The van der Waals surface area contributed by atoms with Crippen molar-refractivity contribution in [3.63, 3.8) is 0 Å². The van der Waals surface area contributed by atoms with Gasteiger partial charge in [-0.1, -0.05) is 5.16 Å². The van der Waals surface area contributed by atoms with Crippen LogP contribution in [0.4, 0.5) is 28.3 Å². The largest absolute Gasteiger partial charge is 0.465 e. The van der Waals surface area contributed by atoms with Crippen LogP contribution >= 0.6 is 0 Å². The number of hydrogen-bond acceptors (Lipinski definition) is 7. The predicted molar refractivity (Wildman–Crippen MR) is 101 cm³/mol. The van der Waals surface area contributed by atoms with Gasteiger partial charge < -0.3 is 19.8 Å². The van der Waals surface area contributed by atoms with Crippen LogP contribution in [0.25, 0.3) is 0 Å². The molecule has 0 aromatic carbocycles. The SMILES string of the molecule is CNC(=O)c1cc(CN(CC2(F)CCN(c3nccc(C(F)(F)F)n3)CC2)C(=O)O)on1. The number of aromatic nitrogens is 3. The van der Waals surface area contributed by atoms with Crippen LogP contribution in [0.1, 0.15) is 34.8 Å².